The van der Waals surface area contributed by atoms with Crippen LogP contribution in [0.15, 0.2) is 58.9 Å². The number of anilines is 1. The molecule has 2 aromatic carbocycles. The van der Waals surface area contributed by atoms with Crippen molar-refractivity contribution in [3.05, 3.63) is 74.9 Å². The molecule has 7 nitrogen and oxygen atoms in total. The number of nitrogens with zero attached hydrogens (tertiary/aromatic N) is 3. The third kappa shape index (κ3) is 5.82. The fourth-order valence-electron chi connectivity index (χ4n) is 3.80. The van der Waals surface area contributed by atoms with Crippen LogP contribution in [0, 0.1) is 0 Å². The fraction of sp³-hybridized carbons (Fsp3) is 0.346. The van der Waals surface area contributed by atoms with Crippen molar-refractivity contribution < 1.29 is 14.3 Å². The van der Waals surface area contributed by atoms with Crippen molar-refractivity contribution in [2.45, 2.75) is 51.4 Å². The molecule has 1 aromatic heterocycles. The molecule has 1 atom stereocenters. The lowest BCUT2D eigenvalue weighted by molar-refractivity contribution is -0.139. The first-order valence-corrected chi connectivity index (χ1v) is 13.6. The maximum absolute atomic E-state index is 13.1. The van der Waals surface area contributed by atoms with E-state index in [1.807, 2.05) is 38.1 Å². The molecule has 0 saturated carbocycles. The van der Waals surface area contributed by atoms with Gasteiger partial charge < -0.3 is 14.8 Å². The highest BCUT2D eigenvalue weighted by atomic mass is 35.5. The third-order valence-corrected chi connectivity index (χ3v) is 7.32. The smallest absolute Gasteiger partial charge is 0.338 e. The lowest BCUT2D eigenvalue weighted by Crippen LogP contribution is -2.29. The molecule has 1 aliphatic rings. The molecule has 2 heterocycles. The molecule has 0 saturated heterocycles. The van der Waals surface area contributed by atoms with Gasteiger partial charge in [0.2, 0.25) is 11.1 Å². The Labute approximate surface area is 225 Å². The Morgan fingerprint density at radius 2 is 1.83 bits per heavy atom. The van der Waals surface area contributed by atoms with Crippen molar-refractivity contribution in [2.75, 3.05) is 17.7 Å². The van der Waals surface area contributed by atoms with Gasteiger partial charge in [0.05, 0.1) is 12.2 Å². The number of esters is 1. The SMILES string of the molecule is CCCOC(=O)C1=C(C)Nc2nc(SCCC)nn2C1c1ccc(OCc2c(Cl)cccc2Cl)cc1. The average molecular weight is 548 g/mol. The summed E-state index contributed by atoms with van der Waals surface area (Å²) in [7, 11) is 0. The molecular weight excluding hydrogens is 519 g/mol. The number of nitrogens with one attached hydrogen (secondary N) is 1. The van der Waals surface area contributed by atoms with Crippen LogP contribution in [0.3, 0.4) is 0 Å². The molecule has 1 aliphatic heterocycles. The van der Waals surface area contributed by atoms with Crippen molar-refractivity contribution in [2.24, 2.45) is 0 Å². The number of thioether (sulfide) groups is 1. The van der Waals surface area contributed by atoms with Crippen LogP contribution in [0.1, 0.15) is 50.8 Å². The summed E-state index contributed by atoms with van der Waals surface area (Å²) in [6, 6.07) is 12.4. The second-order valence-electron chi connectivity index (χ2n) is 8.27. The molecule has 0 aliphatic carbocycles. The normalized spacial score (nSPS) is 14.9. The molecule has 190 valence electrons. The van der Waals surface area contributed by atoms with Crippen molar-refractivity contribution in [3.8, 4) is 5.75 Å². The van der Waals surface area contributed by atoms with Gasteiger partial charge in [-0.25, -0.2) is 9.48 Å². The molecule has 0 amide bonds. The summed E-state index contributed by atoms with van der Waals surface area (Å²) in [6.07, 6.45) is 1.75. The van der Waals surface area contributed by atoms with Crippen LogP contribution in [0.2, 0.25) is 10.0 Å². The number of rotatable bonds is 10. The molecule has 10 heteroatoms. The number of allylic oxidation sites excluding steroid dienone is 1. The maximum atomic E-state index is 13.1. The number of benzene rings is 2. The number of carbonyl (C=O) groups is 1. The largest absolute Gasteiger partial charge is 0.489 e. The molecule has 4 rings (SSSR count). The monoisotopic (exact) mass is 546 g/mol. The summed E-state index contributed by atoms with van der Waals surface area (Å²) < 4.78 is 13.2. The van der Waals surface area contributed by atoms with E-state index in [9.17, 15) is 4.79 Å². The van der Waals surface area contributed by atoms with Crippen LogP contribution in [0.25, 0.3) is 0 Å². The molecule has 0 bridgehead atoms. The van der Waals surface area contributed by atoms with Gasteiger partial charge in [0.1, 0.15) is 18.4 Å². The van der Waals surface area contributed by atoms with Gasteiger partial charge >= 0.3 is 5.97 Å². The Morgan fingerprint density at radius 3 is 2.50 bits per heavy atom. The molecule has 1 N–H and O–H groups in total. The lowest BCUT2D eigenvalue weighted by atomic mass is 9.96. The van der Waals surface area contributed by atoms with E-state index in [-0.39, 0.29) is 12.6 Å². The topological polar surface area (TPSA) is 78.3 Å². The highest BCUT2D eigenvalue weighted by Gasteiger charge is 2.35. The standard InChI is InChI=1S/C26H28Cl2N4O3S/c1-4-13-34-24(33)22-16(3)29-25-30-26(36-14-5-2)31-32(25)23(22)17-9-11-18(12-10-17)35-15-19-20(27)7-6-8-21(19)28/h6-12,23H,4-5,13-15H2,1-3H3,(H,29,30,31). The Balaban J connectivity index is 1.63. The fourth-order valence-corrected chi connectivity index (χ4v) is 4.99. The molecule has 3 aromatic rings. The Bertz CT molecular complexity index is 1240. The Morgan fingerprint density at radius 1 is 1.11 bits per heavy atom. The van der Waals surface area contributed by atoms with Crippen molar-refractivity contribution in [1.82, 2.24) is 14.8 Å². The summed E-state index contributed by atoms with van der Waals surface area (Å²) in [4.78, 5) is 17.7. The third-order valence-electron chi connectivity index (χ3n) is 5.57. The first kappa shape index (κ1) is 26.4. The highest BCUT2D eigenvalue weighted by molar-refractivity contribution is 7.99. The highest BCUT2D eigenvalue weighted by Crippen LogP contribution is 2.37. The lowest BCUT2D eigenvalue weighted by Gasteiger charge is -2.28. The van der Waals surface area contributed by atoms with Gasteiger partial charge in [0, 0.05) is 27.1 Å². The molecule has 0 fully saturated rings. The van der Waals surface area contributed by atoms with Gasteiger partial charge in [-0.1, -0.05) is 67.0 Å². The van der Waals surface area contributed by atoms with Crippen molar-refractivity contribution in [1.29, 1.82) is 0 Å². The molecule has 0 spiro atoms. The van der Waals surface area contributed by atoms with Crippen LogP contribution in [-0.2, 0) is 16.1 Å². The first-order chi connectivity index (χ1) is 17.4. The van der Waals surface area contributed by atoms with E-state index in [1.54, 1.807) is 34.6 Å². The van der Waals surface area contributed by atoms with E-state index in [0.717, 1.165) is 29.7 Å². The maximum Gasteiger partial charge on any atom is 0.338 e. The van der Waals surface area contributed by atoms with Crippen LogP contribution < -0.4 is 10.1 Å². The predicted octanol–water partition coefficient (Wildman–Crippen LogP) is 6.91. The van der Waals surface area contributed by atoms with Crippen molar-refractivity contribution in [3.63, 3.8) is 0 Å². The minimum absolute atomic E-state index is 0.240. The number of hydrogen-bond donors (Lipinski definition) is 1. The van der Waals surface area contributed by atoms with Gasteiger partial charge in [-0.3, -0.25) is 0 Å². The van der Waals surface area contributed by atoms with Crippen molar-refractivity contribution >= 4 is 46.9 Å². The quantitative estimate of drug-likeness (QED) is 0.218. The van der Waals surface area contributed by atoms with Gasteiger partial charge in [-0.2, -0.15) is 4.98 Å². The van der Waals surface area contributed by atoms with E-state index in [1.165, 1.54) is 0 Å². The number of hydrogen-bond acceptors (Lipinski definition) is 7. The first-order valence-electron chi connectivity index (χ1n) is 11.8. The molecular formula is C26H28Cl2N4O3S. The van der Waals surface area contributed by atoms with E-state index in [4.69, 9.17) is 37.8 Å². The molecule has 1 unspecified atom stereocenters. The van der Waals surface area contributed by atoms with E-state index in [0.29, 0.717) is 44.8 Å². The zero-order valence-corrected chi connectivity index (χ0v) is 22.7. The second kappa shape index (κ2) is 12.0. The van der Waals surface area contributed by atoms with E-state index >= 15 is 0 Å². The zero-order valence-electron chi connectivity index (χ0n) is 20.4. The van der Waals surface area contributed by atoms with Crippen LogP contribution in [0.4, 0.5) is 5.95 Å². The summed E-state index contributed by atoms with van der Waals surface area (Å²) in [5, 5.41) is 9.72. The van der Waals surface area contributed by atoms with Gasteiger partial charge in [-0.05, 0) is 49.6 Å². The zero-order chi connectivity index (χ0) is 25.7. The summed E-state index contributed by atoms with van der Waals surface area (Å²) >= 11 is 14.1. The number of ether oxygens (including phenoxy) is 2. The number of carbonyl (C=O) groups excluding carboxylic acids is 1. The second-order valence-corrected chi connectivity index (χ2v) is 10.1. The summed E-state index contributed by atoms with van der Waals surface area (Å²) in [6.45, 7) is 6.52. The summed E-state index contributed by atoms with van der Waals surface area (Å²) in [5.41, 5.74) is 2.79. The van der Waals surface area contributed by atoms with E-state index in [2.05, 4.69) is 17.2 Å². The van der Waals surface area contributed by atoms with Gasteiger partial charge in [-0.15, -0.1) is 5.10 Å². The molecule has 0 radical (unpaired) electrons. The van der Waals surface area contributed by atoms with Crippen LogP contribution in [0.5, 0.6) is 5.75 Å². The minimum atomic E-state index is -0.485. The minimum Gasteiger partial charge on any atom is -0.489 e. The van der Waals surface area contributed by atoms with Gasteiger partial charge in [0.25, 0.3) is 0 Å². The Kier molecular flexibility index (Phi) is 8.82. The predicted molar refractivity (Wildman–Crippen MR) is 144 cm³/mol. The average Bonchev–Trinajstić information content (AvgIpc) is 3.27. The summed E-state index contributed by atoms with van der Waals surface area (Å²) in [5.74, 6) is 1.78. The number of fused-ring (bicyclic) bond motifs is 1. The molecule has 36 heavy (non-hydrogen) atoms. The Hall–Kier alpha value is -2.68. The van der Waals surface area contributed by atoms with E-state index < -0.39 is 6.04 Å². The van der Waals surface area contributed by atoms with Crippen LogP contribution in [-0.4, -0.2) is 33.1 Å². The number of halogens is 2. The van der Waals surface area contributed by atoms with Gasteiger partial charge in [0.15, 0.2) is 0 Å². The number of aromatic nitrogens is 3. The van der Waals surface area contributed by atoms with Crippen LogP contribution >= 0.6 is 35.0 Å².